The van der Waals surface area contributed by atoms with Gasteiger partial charge in [-0.15, -0.1) is 0 Å². The van der Waals surface area contributed by atoms with E-state index in [1.54, 1.807) is 24.0 Å². The Bertz CT molecular complexity index is 742. The van der Waals surface area contributed by atoms with E-state index >= 15 is 0 Å². The standard InChI is InChI=1S/C21H25FN2O2/c1-4-23-21(26)16(3)24(14-18-7-5-15(2)6-8-18)20(25)13-17-9-11-19(22)12-10-17/h5-12,16H,4,13-14H2,1-3H3,(H,23,26)/t16-/m1/s1. The number of hydrogen-bond acceptors (Lipinski definition) is 2. The molecular weight excluding hydrogens is 331 g/mol. The summed E-state index contributed by atoms with van der Waals surface area (Å²) in [5.41, 5.74) is 2.81. The van der Waals surface area contributed by atoms with Crippen molar-refractivity contribution in [1.82, 2.24) is 10.2 Å². The van der Waals surface area contributed by atoms with Crippen molar-refractivity contribution >= 4 is 11.8 Å². The zero-order valence-electron chi connectivity index (χ0n) is 15.5. The number of nitrogens with zero attached hydrogens (tertiary/aromatic N) is 1. The number of hydrogen-bond donors (Lipinski definition) is 1. The first-order valence-electron chi connectivity index (χ1n) is 8.78. The number of carbonyl (C=O) groups is 2. The van der Waals surface area contributed by atoms with Gasteiger partial charge < -0.3 is 10.2 Å². The molecule has 0 aliphatic carbocycles. The molecule has 0 heterocycles. The maximum absolute atomic E-state index is 13.1. The normalized spacial score (nSPS) is 11.7. The van der Waals surface area contributed by atoms with Crippen molar-refractivity contribution in [3.63, 3.8) is 0 Å². The van der Waals surface area contributed by atoms with Gasteiger partial charge in [0.2, 0.25) is 11.8 Å². The minimum atomic E-state index is -0.593. The van der Waals surface area contributed by atoms with E-state index in [4.69, 9.17) is 0 Å². The van der Waals surface area contributed by atoms with Gasteiger partial charge in [-0.1, -0.05) is 42.0 Å². The topological polar surface area (TPSA) is 49.4 Å². The summed E-state index contributed by atoms with van der Waals surface area (Å²) in [6.45, 7) is 6.42. The third kappa shape index (κ3) is 5.41. The van der Waals surface area contributed by atoms with Gasteiger partial charge in [-0.2, -0.15) is 0 Å². The lowest BCUT2D eigenvalue weighted by atomic mass is 10.1. The molecule has 138 valence electrons. The van der Waals surface area contributed by atoms with Gasteiger partial charge in [-0.25, -0.2) is 4.39 Å². The molecule has 0 saturated heterocycles. The summed E-state index contributed by atoms with van der Waals surface area (Å²) >= 11 is 0. The number of carbonyl (C=O) groups excluding carboxylic acids is 2. The number of nitrogens with one attached hydrogen (secondary N) is 1. The fourth-order valence-electron chi connectivity index (χ4n) is 2.67. The van der Waals surface area contributed by atoms with E-state index in [0.717, 1.165) is 11.1 Å². The highest BCUT2D eigenvalue weighted by atomic mass is 19.1. The van der Waals surface area contributed by atoms with Crippen LogP contribution >= 0.6 is 0 Å². The van der Waals surface area contributed by atoms with E-state index < -0.39 is 6.04 Å². The van der Waals surface area contributed by atoms with Crippen LogP contribution in [0.2, 0.25) is 0 Å². The zero-order valence-corrected chi connectivity index (χ0v) is 15.5. The Balaban J connectivity index is 2.20. The molecule has 2 rings (SSSR count). The number of halogens is 1. The molecule has 0 saturated carbocycles. The quantitative estimate of drug-likeness (QED) is 0.828. The van der Waals surface area contributed by atoms with Crippen LogP contribution in [0.1, 0.15) is 30.5 Å². The lowest BCUT2D eigenvalue weighted by molar-refractivity contribution is -0.140. The molecule has 5 heteroatoms. The van der Waals surface area contributed by atoms with Crippen molar-refractivity contribution < 1.29 is 14.0 Å². The predicted octanol–water partition coefficient (Wildman–Crippen LogP) is 3.23. The van der Waals surface area contributed by atoms with E-state index in [9.17, 15) is 14.0 Å². The number of rotatable bonds is 7. The Hall–Kier alpha value is -2.69. The van der Waals surface area contributed by atoms with Gasteiger partial charge in [0.05, 0.1) is 6.42 Å². The molecule has 1 atom stereocenters. The van der Waals surface area contributed by atoms with Gasteiger partial charge in [-0.05, 0) is 44.0 Å². The molecule has 0 unspecified atom stereocenters. The molecule has 2 amide bonds. The van der Waals surface area contributed by atoms with Crippen LogP contribution in [0.15, 0.2) is 48.5 Å². The molecule has 2 aromatic carbocycles. The molecule has 26 heavy (non-hydrogen) atoms. The molecule has 1 N–H and O–H groups in total. The van der Waals surface area contributed by atoms with Gasteiger partial charge >= 0.3 is 0 Å². The molecule has 0 spiro atoms. The zero-order chi connectivity index (χ0) is 19.1. The summed E-state index contributed by atoms with van der Waals surface area (Å²) in [5, 5.41) is 2.76. The second-order valence-corrected chi connectivity index (χ2v) is 6.38. The minimum Gasteiger partial charge on any atom is -0.355 e. The first-order chi connectivity index (χ1) is 12.4. The van der Waals surface area contributed by atoms with Gasteiger partial charge in [0.25, 0.3) is 0 Å². The van der Waals surface area contributed by atoms with Crippen molar-refractivity contribution in [2.45, 2.75) is 39.8 Å². The molecule has 0 aliphatic heterocycles. The second kappa shape index (κ2) is 9.13. The third-order valence-electron chi connectivity index (χ3n) is 4.26. The van der Waals surface area contributed by atoms with Gasteiger partial charge in [0, 0.05) is 13.1 Å². The number of aryl methyl sites for hydroxylation is 1. The van der Waals surface area contributed by atoms with Crippen LogP contribution in [-0.4, -0.2) is 29.3 Å². The molecule has 4 nitrogen and oxygen atoms in total. The summed E-state index contributed by atoms with van der Waals surface area (Å²) in [4.78, 5) is 26.7. The SMILES string of the molecule is CCNC(=O)[C@@H](C)N(Cc1ccc(C)cc1)C(=O)Cc1ccc(F)cc1. The van der Waals surface area contributed by atoms with E-state index in [-0.39, 0.29) is 24.1 Å². The fourth-order valence-corrected chi connectivity index (χ4v) is 2.67. The van der Waals surface area contributed by atoms with Crippen LogP contribution in [-0.2, 0) is 22.6 Å². The molecule has 0 aromatic heterocycles. The Morgan fingerprint density at radius 2 is 1.62 bits per heavy atom. The second-order valence-electron chi connectivity index (χ2n) is 6.38. The highest BCUT2D eigenvalue weighted by Crippen LogP contribution is 2.13. The Morgan fingerprint density at radius 3 is 2.19 bits per heavy atom. The Kier molecular flexibility index (Phi) is 6.89. The van der Waals surface area contributed by atoms with Crippen LogP contribution in [0.4, 0.5) is 4.39 Å². The molecule has 0 radical (unpaired) electrons. The average Bonchev–Trinajstić information content (AvgIpc) is 2.62. The Morgan fingerprint density at radius 1 is 1.04 bits per heavy atom. The Labute approximate surface area is 154 Å². The van der Waals surface area contributed by atoms with Gasteiger partial charge in [0.15, 0.2) is 0 Å². The monoisotopic (exact) mass is 356 g/mol. The summed E-state index contributed by atoms with van der Waals surface area (Å²) in [6.07, 6.45) is 0.121. The van der Waals surface area contributed by atoms with Crippen molar-refractivity contribution in [3.05, 3.63) is 71.0 Å². The van der Waals surface area contributed by atoms with E-state index in [2.05, 4.69) is 5.32 Å². The van der Waals surface area contributed by atoms with E-state index in [1.165, 1.54) is 12.1 Å². The molecule has 0 bridgehead atoms. The minimum absolute atomic E-state index is 0.121. The smallest absolute Gasteiger partial charge is 0.242 e. The van der Waals surface area contributed by atoms with Crippen LogP contribution in [0, 0.1) is 12.7 Å². The van der Waals surface area contributed by atoms with Crippen molar-refractivity contribution in [2.75, 3.05) is 6.54 Å². The van der Waals surface area contributed by atoms with Crippen LogP contribution < -0.4 is 5.32 Å². The third-order valence-corrected chi connectivity index (χ3v) is 4.26. The van der Waals surface area contributed by atoms with Crippen LogP contribution in [0.25, 0.3) is 0 Å². The largest absolute Gasteiger partial charge is 0.355 e. The highest BCUT2D eigenvalue weighted by Gasteiger charge is 2.25. The first kappa shape index (κ1) is 19.6. The van der Waals surface area contributed by atoms with Crippen molar-refractivity contribution in [3.8, 4) is 0 Å². The van der Waals surface area contributed by atoms with Crippen molar-refractivity contribution in [1.29, 1.82) is 0 Å². The molecule has 0 aliphatic rings. The van der Waals surface area contributed by atoms with Gasteiger partial charge in [-0.3, -0.25) is 9.59 Å². The number of benzene rings is 2. The number of likely N-dealkylation sites (N-methyl/N-ethyl adjacent to an activating group) is 1. The average molecular weight is 356 g/mol. The lowest BCUT2D eigenvalue weighted by Gasteiger charge is -2.29. The first-order valence-corrected chi connectivity index (χ1v) is 8.78. The maximum Gasteiger partial charge on any atom is 0.242 e. The highest BCUT2D eigenvalue weighted by molar-refractivity contribution is 5.88. The van der Waals surface area contributed by atoms with Crippen molar-refractivity contribution in [2.24, 2.45) is 0 Å². The van der Waals surface area contributed by atoms with E-state index in [1.807, 2.05) is 38.1 Å². The predicted molar refractivity (Wildman–Crippen MR) is 100.0 cm³/mol. The summed E-state index contributed by atoms with van der Waals surface area (Å²) in [5.74, 6) is -0.698. The van der Waals surface area contributed by atoms with Crippen LogP contribution in [0.3, 0.4) is 0 Å². The number of amides is 2. The van der Waals surface area contributed by atoms with Crippen LogP contribution in [0.5, 0.6) is 0 Å². The summed E-state index contributed by atoms with van der Waals surface area (Å²) in [7, 11) is 0. The molecule has 0 fully saturated rings. The summed E-state index contributed by atoms with van der Waals surface area (Å²) in [6, 6.07) is 13.1. The van der Waals surface area contributed by atoms with Gasteiger partial charge in [0.1, 0.15) is 11.9 Å². The maximum atomic E-state index is 13.1. The molecule has 2 aromatic rings. The lowest BCUT2D eigenvalue weighted by Crippen LogP contribution is -2.48. The summed E-state index contributed by atoms with van der Waals surface area (Å²) < 4.78 is 13.1. The fraction of sp³-hybridized carbons (Fsp3) is 0.333. The van der Waals surface area contributed by atoms with E-state index in [0.29, 0.717) is 18.7 Å². The molecular formula is C21H25FN2O2.